The van der Waals surface area contributed by atoms with Crippen molar-refractivity contribution < 1.29 is 24.2 Å². The van der Waals surface area contributed by atoms with Crippen molar-refractivity contribution >= 4 is 11.8 Å². The number of carbonyl (C=O) groups is 2. The Hall–Kier alpha value is -1.62. The molecule has 0 aromatic heterocycles. The maximum Gasteiger partial charge on any atom is 0.303 e. The Balaban J connectivity index is 1.52. The van der Waals surface area contributed by atoms with Crippen LogP contribution in [0.1, 0.15) is 66.2 Å². The summed E-state index contributed by atoms with van der Waals surface area (Å²) in [6, 6.07) is 0. The van der Waals surface area contributed by atoms with Gasteiger partial charge >= 0.3 is 5.97 Å². The zero-order valence-electron chi connectivity index (χ0n) is 17.9. The molecule has 5 nitrogen and oxygen atoms in total. The largest absolute Gasteiger partial charge is 0.509 e. The van der Waals surface area contributed by atoms with E-state index in [2.05, 4.69) is 20.8 Å². The molecular formula is C24H32O5. The molecule has 0 bridgehead atoms. The molecule has 1 heterocycles. The number of hydrogen-bond donors (Lipinski definition) is 1. The molecule has 1 aliphatic heterocycles. The molecule has 4 fully saturated rings. The van der Waals surface area contributed by atoms with Crippen molar-refractivity contribution in [1.82, 2.24) is 0 Å². The lowest BCUT2D eigenvalue weighted by molar-refractivity contribution is -0.140. The third kappa shape index (κ3) is 2.37. The summed E-state index contributed by atoms with van der Waals surface area (Å²) in [6.45, 7) is 8.14. The molecule has 5 rings (SSSR count). The molecule has 1 spiro atoms. The first-order valence-corrected chi connectivity index (χ1v) is 11.1. The quantitative estimate of drug-likeness (QED) is 0.426. The van der Waals surface area contributed by atoms with Crippen molar-refractivity contribution in [3.05, 3.63) is 23.0 Å². The Morgan fingerprint density at radius 3 is 2.79 bits per heavy atom. The second-order valence-electron chi connectivity index (χ2n) is 10.5. The number of hydrogen-bond acceptors (Lipinski definition) is 5. The second-order valence-corrected chi connectivity index (χ2v) is 10.5. The van der Waals surface area contributed by atoms with Gasteiger partial charge in [0.1, 0.15) is 18.0 Å². The van der Waals surface area contributed by atoms with Crippen molar-refractivity contribution in [1.29, 1.82) is 0 Å². The molecule has 3 saturated carbocycles. The number of rotatable bonds is 2. The van der Waals surface area contributed by atoms with Gasteiger partial charge in [-0.05, 0) is 66.9 Å². The lowest BCUT2D eigenvalue weighted by atomic mass is 9.47. The fraction of sp³-hybridized carbons (Fsp3) is 0.750. The fourth-order valence-corrected chi connectivity index (χ4v) is 8.03. The van der Waals surface area contributed by atoms with Gasteiger partial charge in [0.05, 0.1) is 6.10 Å². The van der Waals surface area contributed by atoms with Gasteiger partial charge in [-0.2, -0.15) is 0 Å². The molecule has 0 aromatic rings. The molecular weight excluding hydrogens is 368 g/mol. The smallest absolute Gasteiger partial charge is 0.303 e. The van der Waals surface area contributed by atoms with Crippen LogP contribution in [0.3, 0.4) is 0 Å². The van der Waals surface area contributed by atoms with Gasteiger partial charge in [-0.1, -0.05) is 26.3 Å². The molecule has 5 aliphatic rings. The van der Waals surface area contributed by atoms with E-state index < -0.39 is 0 Å². The SMILES string of the molecule is CC(=O)OC/C(O)=C1\[C@H](C)C[C@H]2[C@@H]3CCC4=CC(=O)CC[C@]4(C)[C@@]34O[C@H]4C[C@]12C. The normalized spacial score (nSPS) is 49.2. The first-order chi connectivity index (χ1) is 13.6. The summed E-state index contributed by atoms with van der Waals surface area (Å²) in [5, 5.41) is 10.8. The van der Waals surface area contributed by atoms with Crippen molar-refractivity contribution in [2.75, 3.05) is 6.61 Å². The van der Waals surface area contributed by atoms with Crippen LogP contribution in [0.25, 0.3) is 0 Å². The lowest BCUT2D eigenvalue weighted by Crippen LogP contribution is -2.56. The Kier molecular flexibility index (Phi) is 3.98. The maximum absolute atomic E-state index is 12.1. The maximum atomic E-state index is 12.1. The fourth-order valence-electron chi connectivity index (χ4n) is 8.03. The van der Waals surface area contributed by atoms with Crippen LogP contribution in [0.15, 0.2) is 23.0 Å². The van der Waals surface area contributed by atoms with Gasteiger partial charge in [0.15, 0.2) is 5.78 Å². The van der Waals surface area contributed by atoms with Crippen molar-refractivity contribution in [2.45, 2.75) is 77.9 Å². The summed E-state index contributed by atoms with van der Waals surface area (Å²) < 4.78 is 11.7. The third-order valence-electron chi connectivity index (χ3n) is 9.16. The van der Waals surface area contributed by atoms with E-state index in [1.807, 2.05) is 6.08 Å². The highest BCUT2D eigenvalue weighted by molar-refractivity contribution is 5.91. The standard InChI is InChI=1S/C24H32O5/c1-13-9-18-17-6-5-15-10-16(26)7-8-23(15,4)24(17)20(29-24)11-22(18,3)21(13)19(27)12-28-14(2)25/h10,13,17-18,20,27H,5-9,11-12H2,1-4H3/b21-19-/t13-,17+,18+,20+,22+,23+,24-/m1/s1. The third-order valence-corrected chi connectivity index (χ3v) is 9.16. The summed E-state index contributed by atoms with van der Waals surface area (Å²) in [5.74, 6) is 1.29. The number of esters is 1. The highest BCUT2D eigenvalue weighted by atomic mass is 16.6. The van der Waals surface area contributed by atoms with Crippen LogP contribution in [0.5, 0.6) is 0 Å². The number of epoxide rings is 1. The predicted octanol–water partition coefficient (Wildman–Crippen LogP) is 4.27. The molecule has 7 atom stereocenters. The Bertz CT molecular complexity index is 855. The minimum Gasteiger partial charge on any atom is -0.509 e. The first-order valence-electron chi connectivity index (χ1n) is 11.1. The van der Waals surface area contributed by atoms with Crippen molar-refractivity contribution in [3.63, 3.8) is 0 Å². The number of aliphatic hydroxyl groups is 1. The molecule has 1 N–H and O–H groups in total. The zero-order chi connectivity index (χ0) is 20.8. The molecule has 5 heteroatoms. The van der Waals surface area contributed by atoms with Gasteiger partial charge < -0.3 is 14.6 Å². The van der Waals surface area contributed by atoms with Crippen LogP contribution in [0.4, 0.5) is 0 Å². The Morgan fingerprint density at radius 1 is 1.31 bits per heavy atom. The summed E-state index contributed by atoms with van der Waals surface area (Å²) in [4.78, 5) is 23.3. The van der Waals surface area contributed by atoms with Crippen molar-refractivity contribution in [3.8, 4) is 0 Å². The van der Waals surface area contributed by atoms with E-state index in [0.29, 0.717) is 18.3 Å². The number of ether oxygens (including phenoxy) is 2. The van der Waals surface area contributed by atoms with Crippen LogP contribution >= 0.6 is 0 Å². The average Bonchev–Trinajstić information content (AvgIpc) is 3.29. The van der Waals surface area contributed by atoms with Gasteiger partial charge in [-0.15, -0.1) is 0 Å². The minimum atomic E-state index is -0.371. The zero-order valence-corrected chi connectivity index (χ0v) is 17.9. The predicted molar refractivity (Wildman–Crippen MR) is 107 cm³/mol. The molecule has 0 radical (unpaired) electrons. The molecule has 0 unspecified atom stereocenters. The minimum absolute atomic E-state index is 0.0363. The summed E-state index contributed by atoms with van der Waals surface area (Å²) in [5.41, 5.74) is 2.07. The van der Waals surface area contributed by atoms with Crippen LogP contribution in [-0.2, 0) is 19.1 Å². The van der Waals surface area contributed by atoms with Gasteiger partial charge in [-0.3, -0.25) is 9.59 Å². The van der Waals surface area contributed by atoms with Crippen LogP contribution in [0.2, 0.25) is 0 Å². The number of ketones is 1. The topological polar surface area (TPSA) is 76.1 Å². The highest BCUT2D eigenvalue weighted by Crippen LogP contribution is 2.76. The molecule has 4 aliphatic carbocycles. The Labute approximate surface area is 172 Å². The van der Waals surface area contributed by atoms with Crippen LogP contribution in [-0.4, -0.2) is 35.2 Å². The van der Waals surface area contributed by atoms with Gasteiger partial charge in [-0.25, -0.2) is 0 Å². The van der Waals surface area contributed by atoms with E-state index in [1.54, 1.807) is 0 Å². The average molecular weight is 401 g/mol. The number of allylic oxidation sites excluding steroid dienone is 1. The van der Waals surface area contributed by atoms with E-state index in [4.69, 9.17) is 9.47 Å². The molecule has 0 amide bonds. The first kappa shape index (κ1) is 19.3. The molecule has 158 valence electrons. The van der Waals surface area contributed by atoms with E-state index in [0.717, 1.165) is 37.7 Å². The number of aliphatic hydroxyl groups excluding tert-OH is 1. The van der Waals surface area contributed by atoms with Gasteiger partial charge in [0, 0.05) is 18.8 Å². The summed E-state index contributed by atoms with van der Waals surface area (Å²) >= 11 is 0. The van der Waals surface area contributed by atoms with E-state index >= 15 is 0 Å². The molecule has 0 aromatic carbocycles. The Morgan fingerprint density at radius 2 is 2.07 bits per heavy atom. The monoisotopic (exact) mass is 400 g/mol. The van der Waals surface area contributed by atoms with Crippen LogP contribution < -0.4 is 0 Å². The second kappa shape index (κ2) is 5.96. The summed E-state index contributed by atoms with van der Waals surface area (Å²) in [6.07, 6.45) is 7.56. The van der Waals surface area contributed by atoms with E-state index in [1.165, 1.54) is 12.5 Å². The number of fused-ring (bicyclic) bond motifs is 3. The van der Waals surface area contributed by atoms with Gasteiger partial charge in [0.2, 0.25) is 0 Å². The van der Waals surface area contributed by atoms with Crippen LogP contribution in [0, 0.1) is 28.6 Å². The van der Waals surface area contributed by atoms with Gasteiger partial charge in [0.25, 0.3) is 0 Å². The lowest BCUT2D eigenvalue weighted by Gasteiger charge is -2.55. The molecule has 29 heavy (non-hydrogen) atoms. The summed E-state index contributed by atoms with van der Waals surface area (Å²) in [7, 11) is 0. The van der Waals surface area contributed by atoms with E-state index in [9.17, 15) is 14.7 Å². The van der Waals surface area contributed by atoms with Crippen molar-refractivity contribution in [2.24, 2.45) is 28.6 Å². The van der Waals surface area contributed by atoms with E-state index in [-0.39, 0.29) is 52.6 Å². The number of carbonyl (C=O) groups excluding carboxylic acids is 2. The molecule has 1 saturated heterocycles. The highest BCUT2D eigenvalue weighted by Gasteiger charge is 2.79.